The summed E-state index contributed by atoms with van der Waals surface area (Å²) in [6.07, 6.45) is 3.34. The molecule has 1 saturated heterocycles. The molecule has 0 aromatic heterocycles. The van der Waals surface area contributed by atoms with E-state index < -0.39 is 10.0 Å². The molecule has 0 spiro atoms. The largest absolute Gasteiger partial charge is 0.497 e. The maximum absolute atomic E-state index is 13.0. The monoisotopic (exact) mass is 416 g/mol. The quantitative estimate of drug-likeness (QED) is 0.718. The van der Waals surface area contributed by atoms with Gasteiger partial charge in [0.15, 0.2) is 0 Å². The number of ether oxygens (including phenoxy) is 1. The van der Waals surface area contributed by atoms with Crippen molar-refractivity contribution in [2.75, 3.05) is 20.2 Å². The summed E-state index contributed by atoms with van der Waals surface area (Å²) in [6, 6.07) is 15.9. The molecule has 0 unspecified atom stereocenters. The first-order chi connectivity index (χ1) is 14.0. The summed E-state index contributed by atoms with van der Waals surface area (Å²) >= 11 is 0. The Morgan fingerprint density at radius 1 is 1.14 bits per heavy atom. The van der Waals surface area contributed by atoms with Crippen molar-refractivity contribution in [1.82, 2.24) is 9.62 Å². The lowest BCUT2D eigenvalue weighted by atomic mass is 10.0. The van der Waals surface area contributed by atoms with Gasteiger partial charge in [-0.3, -0.25) is 4.79 Å². The average molecular weight is 417 g/mol. The molecule has 1 atom stereocenters. The van der Waals surface area contributed by atoms with Crippen molar-refractivity contribution in [2.45, 2.75) is 43.0 Å². The van der Waals surface area contributed by atoms with Crippen LogP contribution in [0.25, 0.3) is 0 Å². The number of methoxy groups -OCH3 is 1. The predicted octanol–water partition coefficient (Wildman–Crippen LogP) is 2.99. The zero-order valence-electron chi connectivity index (χ0n) is 16.7. The van der Waals surface area contributed by atoms with Crippen LogP contribution in [-0.2, 0) is 21.2 Å². The van der Waals surface area contributed by atoms with E-state index in [1.807, 2.05) is 24.3 Å². The van der Waals surface area contributed by atoms with Crippen LogP contribution in [0, 0.1) is 0 Å². The number of nitrogens with one attached hydrogen (secondary N) is 1. The van der Waals surface area contributed by atoms with Crippen molar-refractivity contribution in [2.24, 2.45) is 0 Å². The molecule has 2 aromatic rings. The van der Waals surface area contributed by atoms with Gasteiger partial charge in [-0.05, 0) is 49.1 Å². The van der Waals surface area contributed by atoms with E-state index in [1.165, 1.54) is 4.31 Å². The second kappa shape index (κ2) is 9.89. The number of benzene rings is 2. The van der Waals surface area contributed by atoms with E-state index in [1.54, 1.807) is 37.4 Å². The molecule has 6 nitrogen and oxygen atoms in total. The van der Waals surface area contributed by atoms with E-state index >= 15 is 0 Å². The van der Waals surface area contributed by atoms with Gasteiger partial charge in [-0.2, -0.15) is 4.31 Å². The van der Waals surface area contributed by atoms with Gasteiger partial charge in [0.25, 0.3) is 0 Å². The molecule has 1 aliphatic heterocycles. The van der Waals surface area contributed by atoms with Crippen LogP contribution in [0.2, 0.25) is 0 Å². The van der Waals surface area contributed by atoms with Crippen LogP contribution < -0.4 is 10.1 Å². The van der Waals surface area contributed by atoms with Crippen LogP contribution in [-0.4, -0.2) is 44.9 Å². The highest BCUT2D eigenvalue weighted by atomic mass is 32.2. The van der Waals surface area contributed by atoms with E-state index in [0.717, 1.165) is 24.2 Å². The Morgan fingerprint density at radius 3 is 2.69 bits per heavy atom. The fourth-order valence-corrected chi connectivity index (χ4v) is 5.40. The first kappa shape index (κ1) is 21.3. The number of carbonyl (C=O) groups excluding carboxylic acids is 1. The normalized spacial score (nSPS) is 17.6. The van der Waals surface area contributed by atoms with Gasteiger partial charge in [-0.25, -0.2) is 8.42 Å². The van der Waals surface area contributed by atoms with Crippen molar-refractivity contribution >= 4 is 15.9 Å². The van der Waals surface area contributed by atoms with Crippen LogP contribution in [0.3, 0.4) is 0 Å². The molecule has 0 bridgehead atoms. The third kappa shape index (κ3) is 5.58. The van der Waals surface area contributed by atoms with E-state index in [2.05, 4.69) is 5.32 Å². The van der Waals surface area contributed by atoms with E-state index in [9.17, 15) is 13.2 Å². The molecule has 29 heavy (non-hydrogen) atoms. The molecule has 1 amide bonds. The number of hydrogen-bond donors (Lipinski definition) is 1. The highest BCUT2D eigenvalue weighted by Crippen LogP contribution is 2.27. The zero-order chi connectivity index (χ0) is 20.7. The number of carbonyl (C=O) groups is 1. The number of amides is 1. The fourth-order valence-electron chi connectivity index (χ4n) is 3.68. The third-order valence-corrected chi connectivity index (χ3v) is 7.18. The van der Waals surface area contributed by atoms with Gasteiger partial charge in [-0.1, -0.05) is 36.8 Å². The Balaban J connectivity index is 1.58. The number of piperidine rings is 1. The Kier molecular flexibility index (Phi) is 7.28. The maximum Gasteiger partial charge on any atom is 0.243 e. The summed E-state index contributed by atoms with van der Waals surface area (Å²) in [6.45, 7) is 0.961. The Hall–Kier alpha value is -2.38. The smallest absolute Gasteiger partial charge is 0.243 e. The van der Waals surface area contributed by atoms with Gasteiger partial charge in [-0.15, -0.1) is 0 Å². The van der Waals surface area contributed by atoms with Crippen LogP contribution in [0.4, 0.5) is 0 Å². The minimum absolute atomic E-state index is 0.118. The molecule has 156 valence electrons. The zero-order valence-corrected chi connectivity index (χ0v) is 17.5. The highest BCUT2D eigenvalue weighted by Gasteiger charge is 2.34. The van der Waals surface area contributed by atoms with Crippen molar-refractivity contribution in [3.63, 3.8) is 0 Å². The molecule has 0 aliphatic carbocycles. The summed E-state index contributed by atoms with van der Waals surface area (Å²) in [5.74, 6) is 0.672. The highest BCUT2D eigenvalue weighted by molar-refractivity contribution is 7.89. The summed E-state index contributed by atoms with van der Waals surface area (Å²) < 4.78 is 32.8. The number of sulfonamides is 1. The minimum atomic E-state index is -3.59. The number of rotatable bonds is 8. The van der Waals surface area contributed by atoms with Crippen molar-refractivity contribution in [3.05, 3.63) is 60.2 Å². The van der Waals surface area contributed by atoms with Crippen LogP contribution in [0.15, 0.2) is 59.5 Å². The van der Waals surface area contributed by atoms with Gasteiger partial charge >= 0.3 is 0 Å². The number of hydrogen-bond acceptors (Lipinski definition) is 4. The first-order valence-electron chi connectivity index (χ1n) is 9.97. The van der Waals surface area contributed by atoms with Gasteiger partial charge in [0.05, 0.1) is 12.0 Å². The van der Waals surface area contributed by atoms with E-state index in [0.29, 0.717) is 25.9 Å². The molecule has 1 fully saturated rings. The number of nitrogens with zero attached hydrogens (tertiary/aromatic N) is 1. The predicted molar refractivity (Wildman–Crippen MR) is 112 cm³/mol. The van der Waals surface area contributed by atoms with E-state index in [-0.39, 0.29) is 23.3 Å². The van der Waals surface area contributed by atoms with Crippen molar-refractivity contribution < 1.29 is 17.9 Å². The fraction of sp³-hybridized carbons (Fsp3) is 0.409. The van der Waals surface area contributed by atoms with E-state index in [4.69, 9.17) is 4.74 Å². The second-order valence-corrected chi connectivity index (χ2v) is 9.12. The Bertz CT molecular complexity index is 915. The van der Waals surface area contributed by atoms with Gasteiger partial charge in [0, 0.05) is 25.6 Å². The molecule has 1 heterocycles. The lowest BCUT2D eigenvalue weighted by molar-refractivity contribution is -0.122. The molecule has 0 radical (unpaired) electrons. The van der Waals surface area contributed by atoms with Crippen molar-refractivity contribution in [1.29, 1.82) is 0 Å². The minimum Gasteiger partial charge on any atom is -0.497 e. The SMILES string of the molecule is COc1cccc(CCNC(=O)C[C@H]2CCCCN2S(=O)(=O)c2ccccc2)c1. The molecule has 7 heteroatoms. The summed E-state index contributed by atoms with van der Waals surface area (Å²) in [5, 5.41) is 2.93. The lowest BCUT2D eigenvalue weighted by Gasteiger charge is -2.34. The molecular weight excluding hydrogens is 388 g/mol. The van der Waals surface area contributed by atoms with Crippen molar-refractivity contribution in [3.8, 4) is 5.75 Å². The molecule has 3 rings (SSSR count). The summed E-state index contributed by atoms with van der Waals surface area (Å²) in [7, 11) is -1.96. The van der Waals surface area contributed by atoms with Gasteiger partial charge in [0.1, 0.15) is 5.75 Å². The molecule has 0 saturated carbocycles. The third-order valence-electron chi connectivity index (χ3n) is 5.21. The Labute approximate surface area is 172 Å². The standard InChI is InChI=1S/C22H28N2O4S/c1-28-20-10-7-8-18(16-20)13-14-23-22(25)17-19-9-5-6-15-24(19)29(26,27)21-11-3-2-4-12-21/h2-4,7-8,10-12,16,19H,5-6,9,13-15,17H2,1H3,(H,23,25)/t19-/m1/s1. The average Bonchev–Trinajstić information content (AvgIpc) is 2.75. The molecule has 1 aliphatic rings. The van der Waals surface area contributed by atoms with Crippen LogP contribution >= 0.6 is 0 Å². The summed E-state index contributed by atoms with van der Waals surface area (Å²) in [4.78, 5) is 12.8. The second-order valence-electron chi connectivity index (χ2n) is 7.23. The maximum atomic E-state index is 13.0. The van der Waals surface area contributed by atoms with Gasteiger partial charge < -0.3 is 10.1 Å². The molecule has 1 N–H and O–H groups in total. The first-order valence-corrected chi connectivity index (χ1v) is 11.4. The Morgan fingerprint density at radius 2 is 1.93 bits per heavy atom. The lowest BCUT2D eigenvalue weighted by Crippen LogP contribution is -2.46. The molecule has 2 aromatic carbocycles. The summed E-state index contributed by atoms with van der Waals surface area (Å²) in [5.41, 5.74) is 1.08. The molecular formula is C22H28N2O4S. The van der Waals surface area contributed by atoms with Gasteiger partial charge in [0.2, 0.25) is 15.9 Å². The van der Waals surface area contributed by atoms with Crippen LogP contribution in [0.5, 0.6) is 5.75 Å². The topological polar surface area (TPSA) is 75.7 Å². The van der Waals surface area contributed by atoms with Crippen LogP contribution in [0.1, 0.15) is 31.2 Å².